The van der Waals surface area contributed by atoms with Crippen LogP contribution in [0.25, 0.3) is 0 Å². The zero-order valence-electron chi connectivity index (χ0n) is 10.9. The maximum Gasteiger partial charge on any atom is -0.0318 e. The lowest BCUT2D eigenvalue weighted by molar-refractivity contribution is 0.598. The fraction of sp³-hybridized carbons (Fsp3) is 0.875. The molecule has 0 aromatic carbocycles. The van der Waals surface area contributed by atoms with E-state index in [1.807, 2.05) is 11.1 Å². The molecule has 0 heteroatoms. The van der Waals surface area contributed by atoms with Gasteiger partial charge in [0, 0.05) is 0 Å². The molecule has 0 aliphatic heterocycles. The largest absolute Gasteiger partial charge is 0.0710 e. The standard InChI is InChI=1S/C16H28/c1-3-7-11-15-13-9-5-2-6-10-14-16(15)12-8-4-1/h1-14H2. The molecular weight excluding hydrogens is 192 g/mol. The predicted molar refractivity (Wildman–Crippen MR) is 71.7 cm³/mol. The molecule has 0 spiro atoms. The van der Waals surface area contributed by atoms with Gasteiger partial charge in [-0.25, -0.2) is 0 Å². The van der Waals surface area contributed by atoms with Crippen LogP contribution >= 0.6 is 0 Å². The summed E-state index contributed by atoms with van der Waals surface area (Å²) in [5, 5.41) is 0. The van der Waals surface area contributed by atoms with Gasteiger partial charge in [0.15, 0.2) is 0 Å². The van der Waals surface area contributed by atoms with Crippen molar-refractivity contribution in [1.29, 1.82) is 0 Å². The van der Waals surface area contributed by atoms with Gasteiger partial charge < -0.3 is 0 Å². The summed E-state index contributed by atoms with van der Waals surface area (Å²) in [6.07, 6.45) is 20.5. The van der Waals surface area contributed by atoms with E-state index in [1.54, 1.807) is 0 Å². The molecule has 16 heavy (non-hydrogen) atoms. The van der Waals surface area contributed by atoms with E-state index in [9.17, 15) is 0 Å². The number of hydrogen-bond donors (Lipinski definition) is 0. The molecule has 92 valence electrons. The Hall–Kier alpha value is -0.260. The molecule has 0 aromatic rings. The molecule has 0 saturated carbocycles. The summed E-state index contributed by atoms with van der Waals surface area (Å²) in [7, 11) is 0. The SMILES string of the molecule is C1CCCC2=C(CCC1)CCCCCCC2. The average molecular weight is 220 g/mol. The molecule has 0 fully saturated rings. The Labute approximate surface area is 102 Å². The molecule has 0 amide bonds. The lowest BCUT2D eigenvalue weighted by atomic mass is 9.93. The van der Waals surface area contributed by atoms with Gasteiger partial charge in [0.2, 0.25) is 0 Å². The van der Waals surface area contributed by atoms with E-state index in [0.717, 1.165) is 0 Å². The molecule has 0 radical (unpaired) electrons. The second-order valence-corrected chi connectivity index (χ2v) is 5.74. The lowest BCUT2D eigenvalue weighted by Crippen LogP contribution is -1.93. The van der Waals surface area contributed by atoms with Gasteiger partial charge in [-0.3, -0.25) is 0 Å². The Balaban J connectivity index is 2.02. The van der Waals surface area contributed by atoms with E-state index in [-0.39, 0.29) is 0 Å². The third-order valence-electron chi connectivity index (χ3n) is 4.41. The molecule has 0 heterocycles. The molecule has 0 unspecified atom stereocenters. The van der Waals surface area contributed by atoms with Crippen molar-refractivity contribution in [2.75, 3.05) is 0 Å². The Morgan fingerprint density at radius 2 is 0.562 bits per heavy atom. The van der Waals surface area contributed by atoms with E-state index in [1.165, 1.54) is 89.9 Å². The molecule has 2 rings (SSSR count). The van der Waals surface area contributed by atoms with E-state index < -0.39 is 0 Å². The topological polar surface area (TPSA) is 0 Å². The zero-order chi connectivity index (χ0) is 11.1. The highest BCUT2D eigenvalue weighted by atomic mass is 14.2. The number of rotatable bonds is 0. The van der Waals surface area contributed by atoms with Crippen LogP contribution in [-0.4, -0.2) is 0 Å². The third kappa shape index (κ3) is 3.96. The molecule has 0 saturated heterocycles. The highest BCUT2D eigenvalue weighted by Crippen LogP contribution is 2.31. The summed E-state index contributed by atoms with van der Waals surface area (Å²) in [6, 6.07) is 0. The highest BCUT2D eigenvalue weighted by molar-refractivity contribution is 5.15. The maximum atomic E-state index is 1.89. The molecule has 0 nitrogen and oxygen atoms in total. The molecular formula is C16H28. The monoisotopic (exact) mass is 220 g/mol. The van der Waals surface area contributed by atoms with Gasteiger partial charge in [-0.1, -0.05) is 49.7 Å². The number of hydrogen-bond acceptors (Lipinski definition) is 0. The van der Waals surface area contributed by atoms with Gasteiger partial charge in [-0.2, -0.15) is 0 Å². The third-order valence-corrected chi connectivity index (χ3v) is 4.41. The second-order valence-electron chi connectivity index (χ2n) is 5.74. The van der Waals surface area contributed by atoms with Crippen LogP contribution in [-0.2, 0) is 0 Å². The van der Waals surface area contributed by atoms with Gasteiger partial charge >= 0.3 is 0 Å². The molecule has 0 bridgehead atoms. The normalized spacial score (nSPS) is 25.5. The fourth-order valence-electron chi connectivity index (χ4n) is 3.37. The Morgan fingerprint density at radius 1 is 0.312 bits per heavy atom. The van der Waals surface area contributed by atoms with Crippen molar-refractivity contribution in [3.63, 3.8) is 0 Å². The van der Waals surface area contributed by atoms with Crippen molar-refractivity contribution in [3.8, 4) is 0 Å². The first kappa shape index (κ1) is 12.2. The van der Waals surface area contributed by atoms with Crippen LogP contribution in [0.3, 0.4) is 0 Å². The maximum absolute atomic E-state index is 1.89. The molecule has 2 aliphatic rings. The quantitative estimate of drug-likeness (QED) is 0.454. The first-order valence-corrected chi connectivity index (χ1v) is 7.66. The Morgan fingerprint density at radius 3 is 0.875 bits per heavy atom. The minimum Gasteiger partial charge on any atom is -0.0710 e. The van der Waals surface area contributed by atoms with Crippen LogP contribution in [0.2, 0.25) is 0 Å². The van der Waals surface area contributed by atoms with Crippen molar-refractivity contribution in [3.05, 3.63) is 11.1 Å². The lowest BCUT2D eigenvalue weighted by Gasteiger charge is -2.13. The summed E-state index contributed by atoms with van der Waals surface area (Å²) in [5.74, 6) is 0. The van der Waals surface area contributed by atoms with Gasteiger partial charge in [0.25, 0.3) is 0 Å². The Bertz CT molecular complexity index is 180. The summed E-state index contributed by atoms with van der Waals surface area (Å²) in [4.78, 5) is 0. The van der Waals surface area contributed by atoms with E-state index in [4.69, 9.17) is 0 Å². The first-order valence-electron chi connectivity index (χ1n) is 7.66. The molecule has 0 aromatic heterocycles. The van der Waals surface area contributed by atoms with Gasteiger partial charge in [-0.05, 0) is 51.4 Å². The van der Waals surface area contributed by atoms with Gasteiger partial charge in [0.05, 0.1) is 0 Å². The van der Waals surface area contributed by atoms with Crippen LogP contribution < -0.4 is 0 Å². The van der Waals surface area contributed by atoms with Crippen molar-refractivity contribution in [1.82, 2.24) is 0 Å². The minimum absolute atomic E-state index is 1.44. The average Bonchev–Trinajstić information content (AvgIpc) is 2.46. The first-order chi connectivity index (χ1) is 7.97. The van der Waals surface area contributed by atoms with Crippen molar-refractivity contribution in [2.45, 2.75) is 89.9 Å². The molecule has 0 N–H and O–H groups in total. The van der Waals surface area contributed by atoms with Gasteiger partial charge in [-0.15, -0.1) is 0 Å². The molecule has 0 atom stereocenters. The summed E-state index contributed by atoms with van der Waals surface area (Å²) >= 11 is 0. The van der Waals surface area contributed by atoms with Crippen molar-refractivity contribution in [2.24, 2.45) is 0 Å². The fourth-order valence-corrected chi connectivity index (χ4v) is 3.37. The predicted octanol–water partition coefficient (Wildman–Crippen LogP) is 5.77. The second kappa shape index (κ2) is 7.14. The zero-order valence-corrected chi connectivity index (χ0v) is 10.9. The van der Waals surface area contributed by atoms with Crippen LogP contribution in [0.5, 0.6) is 0 Å². The van der Waals surface area contributed by atoms with E-state index >= 15 is 0 Å². The van der Waals surface area contributed by atoms with E-state index in [2.05, 4.69) is 0 Å². The minimum atomic E-state index is 1.44. The van der Waals surface area contributed by atoms with Crippen molar-refractivity contribution < 1.29 is 0 Å². The number of allylic oxidation sites excluding steroid dienone is 2. The van der Waals surface area contributed by atoms with Gasteiger partial charge in [0.1, 0.15) is 0 Å². The van der Waals surface area contributed by atoms with Crippen molar-refractivity contribution >= 4 is 0 Å². The summed E-state index contributed by atoms with van der Waals surface area (Å²) in [5.41, 5.74) is 3.78. The molecule has 2 aliphatic carbocycles. The Kier molecular flexibility index (Phi) is 5.45. The summed E-state index contributed by atoms with van der Waals surface area (Å²) in [6.45, 7) is 0. The van der Waals surface area contributed by atoms with Crippen LogP contribution in [0.1, 0.15) is 89.9 Å². The highest BCUT2D eigenvalue weighted by Gasteiger charge is 2.11. The van der Waals surface area contributed by atoms with Crippen LogP contribution in [0, 0.1) is 0 Å². The summed E-state index contributed by atoms with van der Waals surface area (Å²) < 4.78 is 0. The van der Waals surface area contributed by atoms with E-state index in [0.29, 0.717) is 0 Å². The smallest absolute Gasteiger partial charge is 0.0318 e. The van der Waals surface area contributed by atoms with Crippen LogP contribution in [0.4, 0.5) is 0 Å². The van der Waals surface area contributed by atoms with Crippen LogP contribution in [0.15, 0.2) is 11.1 Å².